The van der Waals surface area contributed by atoms with Crippen LogP contribution in [0.5, 0.6) is 0 Å². The molecule has 0 amide bonds. The lowest BCUT2D eigenvalue weighted by Crippen LogP contribution is -2.18. The van der Waals surface area contributed by atoms with Crippen molar-refractivity contribution in [1.82, 2.24) is 9.55 Å². The number of carbonyl (C=O) groups excluding carboxylic acids is 1. The topological polar surface area (TPSA) is 87.3 Å². The Labute approximate surface area is 85.8 Å². The Hall–Kier alpha value is -1.92. The van der Waals surface area contributed by atoms with Gasteiger partial charge in [-0.2, -0.15) is 0 Å². The second-order valence-electron chi connectivity index (χ2n) is 3.01. The van der Waals surface area contributed by atoms with Crippen LogP contribution in [0.2, 0.25) is 0 Å². The predicted molar refractivity (Wildman–Crippen MR) is 50.3 cm³/mol. The second kappa shape index (κ2) is 4.07. The van der Waals surface area contributed by atoms with Gasteiger partial charge in [-0.05, 0) is 16.8 Å². The third-order valence-electron chi connectivity index (χ3n) is 2.05. The Morgan fingerprint density at radius 2 is 2.33 bits per heavy atom. The molecule has 1 atom stereocenters. The van der Waals surface area contributed by atoms with Gasteiger partial charge in [-0.3, -0.25) is 4.57 Å². The number of rotatable bonds is 3. The van der Waals surface area contributed by atoms with E-state index in [0.29, 0.717) is 5.82 Å². The van der Waals surface area contributed by atoms with Gasteiger partial charge in [0.2, 0.25) is 5.82 Å². The highest BCUT2D eigenvalue weighted by molar-refractivity contribution is 5.73. The van der Waals surface area contributed by atoms with E-state index in [-0.39, 0.29) is 5.82 Å². The maximum absolute atomic E-state index is 11.2. The lowest BCUT2D eigenvalue weighted by atomic mass is 10.3. The molecule has 0 fully saturated rings. The van der Waals surface area contributed by atoms with Crippen LogP contribution in [0.15, 0.2) is 6.20 Å². The van der Waals surface area contributed by atoms with E-state index in [9.17, 15) is 14.9 Å². The van der Waals surface area contributed by atoms with Crippen LogP contribution in [-0.4, -0.2) is 27.6 Å². The monoisotopic (exact) mass is 213 g/mol. The van der Waals surface area contributed by atoms with Gasteiger partial charge in [0, 0.05) is 6.92 Å². The third kappa shape index (κ3) is 2.12. The normalized spacial score (nSPS) is 12.2. The highest BCUT2D eigenvalue weighted by Gasteiger charge is 2.23. The van der Waals surface area contributed by atoms with E-state index in [1.807, 2.05) is 0 Å². The fourth-order valence-electron chi connectivity index (χ4n) is 1.23. The fraction of sp³-hybridized carbons (Fsp3) is 0.500. The number of hydrogen-bond donors (Lipinski definition) is 0. The molecule has 0 unspecified atom stereocenters. The highest BCUT2D eigenvalue weighted by atomic mass is 16.6. The summed E-state index contributed by atoms with van der Waals surface area (Å²) in [5.41, 5.74) is 0. The Morgan fingerprint density at radius 3 is 2.73 bits per heavy atom. The summed E-state index contributed by atoms with van der Waals surface area (Å²) in [7, 11) is 1.26. The zero-order chi connectivity index (χ0) is 11.6. The lowest BCUT2D eigenvalue weighted by Gasteiger charge is -2.09. The molecule has 0 saturated heterocycles. The van der Waals surface area contributed by atoms with Crippen molar-refractivity contribution in [1.29, 1.82) is 0 Å². The van der Waals surface area contributed by atoms with Gasteiger partial charge in [0.25, 0.3) is 0 Å². The van der Waals surface area contributed by atoms with Crippen LogP contribution in [-0.2, 0) is 9.53 Å². The van der Waals surface area contributed by atoms with Crippen LogP contribution in [0.3, 0.4) is 0 Å². The standard InChI is InChI=1S/C8H11N3O4/c1-5(8(12)15-3)10-4-7(11(13)14)9-6(10)2/h4-5H,1-3H3/t5-/m0/s1. The molecule has 7 heteroatoms. The Bertz CT molecular complexity index is 399. The summed E-state index contributed by atoms with van der Waals surface area (Å²) in [4.78, 5) is 24.7. The number of aromatic nitrogens is 2. The number of aryl methyl sites for hydroxylation is 1. The molecule has 0 aliphatic rings. The summed E-state index contributed by atoms with van der Waals surface area (Å²) in [6.45, 7) is 3.18. The van der Waals surface area contributed by atoms with Gasteiger partial charge in [0.05, 0.1) is 7.11 Å². The zero-order valence-corrected chi connectivity index (χ0v) is 8.63. The van der Waals surface area contributed by atoms with Crippen LogP contribution in [0.25, 0.3) is 0 Å². The van der Waals surface area contributed by atoms with Crippen molar-refractivity contribution in [3.63, 3.8) is 0 Å². The molecule has 0 spiro atoms. The molecule has 15 heavy (non-hydrogen) atoms. The van der Waals surface area contributed by atoms with Crippen molar-refractivity contribution in [2.45, 2.75) is 19.9 Å². The van der Waals surface area contributed by atoms with E-state index in [2.05, 4.69) is 9.72 Å². The van der Waals surface area contributed by atoms with E-state index in [1.54, 1.807) is 13.8 Å². The molecule has 0 saturated carbocycles. The third-order valence-corrected chi connectivity index (χ3v) is 2.05. The average molecular weight is 213 g/mol. The molecule has 0 aromatic carbocycles. The molecule has 1 aromatic rings. The zero-order valence-electron chi connectivity index (χ0n) is 8.63. The Morgan fingerprint density at radius 1 is 1.73 bits per heavy atom. The number of nitro groups is 1. The molecule has 0 radical (unpaired) electrons. The second-order valence-corrected chi connectivity index (χ2v) is 3.01. The van der Waals surface area contributed by atoms with E-state index in [0.717, 1.165) is 0 Å². The predicted octanol–water partition coefficient (Wildman–Crippen LogP) is 0.834. The number of nitrogens with zero attached hydrogens (tertiary/aromatic N) is 3. The molecule has 7 nitrogen and oxygen atoms in total. The number of imidazole rings is 1. The number of esters is 1. The number of carbonyl (C=O) groups is 1. The molecule has 0 N–H and O–H groups in total. The highest BCUT2D eigenvalue weighted by Crippen LogP contribution is 2.16. The first-order valence-corrected chi connectivity index (χ1v) is 4.25. The van der Waals surface area contributed by atoms with E-state index in [4.69, 9.17) is 0 Å². The summed E-state index contributed by atoms with van der Waals surface area (Å²) >= 11 is 0. The largest absolute Gasteiger partial charge is 0.467 e. The molecular weight excluding hydrogens is 202 g/mol. The minimum Gasteiger partial charge on any atom is -0.467 e. The quantitative estimate of drug-likeness (QED) is 0.421. The summed E-state index contributed by atoms with van der Waals surface area (Å²) in [5.74, 6) is -0.340. The molecule has 0 bridgehead atoms. The van der Waals surface area contributed by atoms with Crippen molar-refractivity contribution in [3.05, 3.63) is 22.1 Å². The number of ether oxygens (including phenoxy) is 1. The van der Waals surface area contributed by atoms with E-state index in [1.165, 1.54) is 17.9 Å². The van der Waals surface area contributed by atoms with Gasteiger partial charge < -0.3 is 14.9 Å². The van der Waals surface area contributed by atoms with Gasteiger partial charge in [-0.1, -0.05) is 0 Å². The van der Waals surface area contributed by atoms with Crippen LogP contribution >= 0.6 is 0 Å². The summed E-state index contributed by atoms with van der Waals surface area (Å²) in [6, 6.07) is -0.615. The Balaban J connectivity index is 3.04. The molecule has 0 aliphatic heterocycles. The first-order chi connectivity index (χ1) is 6.97. The van der Waals surface area contributed by atoms with Gasteiger partial charge in [0.15, 0.2) is 0 Å². The average Bonchev–Trinajstić information content (AvgIpc) is 2.58. The van der Waals surface area contributed by atoms with Gasteiger partial charge in [-0.15, -0.1) is 0 Å². The molecule has 1 heterocycles. The first kappa shape index (κ1) is 11.2. The molecule has 82 valence electrons. The summed E-state index contributed by atoms with van der Waals surface area (Å²) < 4.78 is 5.94. The molecule has 0 aliphatic carbocycles. The van der Waals surface area contributed by atoms with Crippen molar-refractivity contribution in [2.24, 2.45) is 0 Å². The number of methoxy groups -OCH3 is 1. The van der Waals surface area contributed by atoms with E-state index < -0.39 is 16.9 Å². The van der Waals surface area contributed by atoms with E-state index >= 15 is 0 Å². The maximum atomic E-state index is 11.2. The molecule has 1 aromatic heterocycles. The maximum Gasteiger partial charge on any atom is 0.381 e. The van der Waals surface area contributed by atoms with Crippen molar-refractivity contribution >= 4 is 11.8 Å². The van der Waals surface area contributed by atoms with Crippen LogP contribution in [0.1, 0.15) is 18.8 Å². The first-order valence-electron chi connectivity index (χ1n) is 4.25. The van der Waals surface area contributed by atoms with Crippen molar-refractivity contribution in [3.8, 4) is 0 Å². The smallest absolute Gasteiger partial charge is 0.381 e. The van der Waals surface area contributed by atoms with Gasteiger partial charge in [0.1, 0.15) is 12.2 Å². The van der Waals surface area contributed by atoms with Gasteiger partial charge >= 0.3 is 11.8 Å². The minimum absolute atomic E-state index is 0.275. The van der Waals surface area contributed by atoms with Gasteiger partial charge in [-0.25, -0.2) is 4.79 Å². The Kier molecular flexibility index (Phi) is 3.03. The van der Waals surface area contributed by atoms with Crippen LogP contribution < -0.4 is 0 Å². The van der Waals surface area contributed by atoms with Crippen LogP contribution in [0.4, 0.5) is 5.82 Å². The summed E-state index contributed by atoms with van der Waals surface area (Å²) in [6.07, 6.45) is 1.22. The van der Waals surface area contributed by atoms with Crippen molar-refractivity contribution < 1.29 is 14.5 Å². The molecule has 1 rings (SSSR count). The SMILES string of the molecule is COC(=O)[C@H](C)n1cc([N+](=O)[O-])nc1C. The summed E-state index contributed by atoms with van der Waals surface area (Å²) in [5, 5.41) is 10.4. The van der Waals surface area contributed by atoms with Crippen LogP contribution in [0, 0.1) is 17.0 Å². The fourth-order valence-corrected chi connectivity index (χ4v) is 1.23. The molecular formula is C8H11N3O4. The number of hydrogen-bond acceptors (Lipinski definition) is 5. The van der Waals surface area contributed by atoms with Crippen molar-refractivity contribution in [2.75, 3.05) is 7.11 Å². The minimum atomic E-state index is -0.615. The lowest BCUT2D eigenvalue weighted by molar-refractivity contribution is -0.389.